The Labute approximate surface area is 128 Å². The Morgan fingerprint density at radius 3 is 2.10 bits per heavy atom. The first-order valence-corrected chi connectivity index (χ1v) is 9.10. The summed E-state index contributed by atoms with van der Waals surface area (Å²) >= 11 is 1.51. The zero-order chi connectivity index (χ0) is 14.5. The van der Waals surface area contributed by atoms with Crippen molar-refractivity contribution in [1.82, 2.24) is 14.9 Å². The van der Waals surface area contributed by atoms with E-state index in [1.54, 1.807) is 0 Å². The minimum atomic E-state index is 0.448. The van der Waals surface area contributed by atoms with Crippen LogP contribution >= 0.6 is 11.5 Å². The summed E-state index contributed by atoms with van der Waals surface area (Å²) in [5.74, 6) is 0. The lowest BCUT2D eigenvalue weighted by Gasteiger charge is -2.12. The van der Waals surface area contributed by atoms with Gasteiger partial charge in [-0.15, -0.1) is 5.10 Å². The van der Waals surface area contributed by atoms with E-state index in [0.29, 0.717) is 6.04 Å². The molecule has 1 unspecified atom stereocenters. The van der Waals surface area contributed by atoms with Gasteiger partial charge in [-0.25, -0.2) is 0 Å². The van der Waals surface area contributed by atoms with Crippen molar-refractivity contribution in [2.75, 3.05) is 7.05 Å². The number of hydrogen-bond donors (Lipinski definition) is 1. The van der Waals surface area contributed by atoms with Crippen LogP contribution in [-0.2, 0) is 0 Å². The fourth-order valence-corrected chi connectivity index (χ4v) is 3.24. The van der Waals surface area contributed by atoms with Crippen LogP contribution in [0.25, 0.3) is 0 Å². The molecule has 3 nitrogen and oxygen atoms in total. The van der Waals surface area contributed by atoms with Crippen molar-refractivity contribution in [3.63, 3.8) is 0 Å². The minimum Gasteiger partial charge on any atom is -0.312 e. The number of hydrogen-bond acceptors (Lipinski definition) is 4. The lowest BCUT2D eigenvalue weighted by Crippen LogP contribution is -2.14. The van der Waals surface area contributed by atoms with E-state index in [0.717, 1.165) is 0 Å². The third-order valence-corrected chi connectivity index (χ3v) is 4.69. The highest BCUT2D eigenvalue weighted by Gasteiger charge is 2.10. The Morgan fingerprint density at radius 1 is 1.00 bits per heavy atom. The number of nitrogens with zero attached hydrogens (tertiary/aromatic N) is 2. The lowest BCUT2D eigenvalue weighted by atomic mass is 10.0. The second-order valence-corrected chi connectivity index (χ2v) is 6.45. The van der Waals surface area contributed by atoms with Gasteiger partial charge in [0.2, 0.25) is 0 Å². The van der Waals surface area contributed by atoms with E-state index in [-0.39, 0.29) is 0 Å². The molecule has 1 N–H and O–H groups in total. The van der Waals surface area contributed by atoms with E-state index < -0.39 is 0 Å². The van der Waals surface area contributed by atoms with Gasteiger partial charge in [0.05, 0.1) is 11.1 Å². The van der Waals surface area contributed by atoms with Crippen LogP contribution < -0.4 is 5.32 Å². The van der Waals surface area contributed by atoms with E-state index >= 15 is 0 Å². The number of aromatic nitrogens is 2. The maximum atomic E-state index is 3.94. The molecule has 0 fully saturated rings. The van der Waals surface area contributed by atoms with E-state index in [4.69, 9.17) is 0 Å². The SMILES string of the molecule is CCCCCCCCCCCCC(NC)c1cnns1. The fraction of sp³-hybridized carbons (Fsp3) is 0.875. The Hall–Kier alpha value is -0.480. The molecule has 0 aliphatic rings. The first-order valence-electron chi connectivity index (χ1n) is 8.33. The first kappa shape index (κ1) is 17.6. The summed E-state index contributed by atoms with van der Waals surface area (Å²) in [6, 6.07) is 0.448. The van der Waals surface area contributed by atoms with Crippen LogP contribution in [0.4, 0.5) is 0 Å². The molecular formula is C16H31N3S. The summed E-state index contributed by atoms with van der Waals surface area (Å²) in [6.45, 7) is 2.28. The van der Waals surface area contributed by atoms with Gasteiger partial charge in [0.15, 0.2) is 0 Å². The van der Waals surface area contributed by atoms with Crippen LogP contribution in [0, 0.1) is 0 Å². The van der Waals surface area contributed by atoms with Crippen molar-refractivity contribution in [3.05, 3.63) is 11.1 Å². The second kappa shape index (κ2) is 12.3. The third kappa shape index (κ3) is 7.95. The Morgan fingerprint density at radius 2 is 1.60 bits per heavy atom. The third-order valence-electron chi connectivity index (χ3n) is 3.92. The molecule has 1 atom stereocenters. The number of rotatable bonds is 13. The Kier molecular flexibility index (Phi) is 10.8. The number of nitrogens with one attached hydrogen (secondary N) is 1. The predicted octanol–water partition coefficient (Wildman–Crippen LogP) is 5.11. The average Bonchev–Trinajstić information content (AvgIpc) is 2.99. The molecule has 0 saturated heterocycles. The summed E-state index contributed by atoms with van der Waals surface area (Å²) in [4.78, 5) is 1.27. The molecule has 4 heteroatoms. The molecule has 0 aliphatic carbocycles. The van der Waals surface area contributed by atoms with E-state index in [1.807, 2.05) is 13.2 Å². The summed E-state index contributed by atoms with van der Waals surface area (Å²) in [5.41, 5.74) is 0. The zero-order valence-corrected chi connectivity index (χ0v) is 14.1. The van der Waals surface area contributed by atoms with E-state index in [1.165, 1.54) is 87.0 Å². The topological polar surface area (TPSA) is 37.8 Å². The van der Waals surface area contributed by atoms with Crippen LogP contribution in [0.15, 0.2) is 6.20 Å². The highest BCUT2D eigenvalue weighted by atomic mass is 32.1. The van der Waals surface area contributed by atoms with Crippen molar-refractivity contribution < 1.29 is 0 Å². The molecule has 1 aromatic rings. The van der Waals surface area contributed by atoms with Gasteiger partial charge in [0.25, 0.3) is 0 Å². The number of unbranched alkanes of at least 4 members (excludes halogenated alkanes) is 9. The molecule has 0 aliphatic heterocycles. The second-order valence-electron chi connectivity index (χ2n) is 5.63. The van der Waals surface area contributed by atoms with Crippen molar-refractivity contribution in [2.24, 2.45) is 0 Å². The van der Waals surface area contributed by atoms with E-state index in [9.17, 15) is 0 Å². The van der Waals surface area contributed by atoms with Crippen LogP contribution in [0.5, 0.6) is 0 Å². The smallest absolute Gasteiger partial charge is 0.0669 e. The zero-order valence-electron chi connectivity index (χ0n) is 13.2. The van der Waals surface area contributed by atoms with Gasteiger partial charge in [0.1, 0.15) is 0 Å². The molecule has 0 radical (unpaired) electrons. The van der Waals surface area contributed by atoms with Gasteiger partial charge in [-0.05, 0) is 25.0 Å². The van der Waals surface area contributed by atoms with Crippen molar-refractivity contribution in [3.8, 4) is 0 Å². The molecule has 20 heavy (non-hydrogen) atoms. The lowest BCUT2D eigenvalue weighted by molar-refractivity contribution is 0.497. The molecule has 1 aromatic heterocycles. The van der Waals surface area contributed by atoms with Crippen molar-refractivity contribution in [1.29, 1.82) is 0 Å². The fourth-order valence-electron chi connectivity index (χ4n) is 2.59. The Balaban J connectivity index is 1.91. The molecule has 1 rings (SSSR count). The molecule has 0 saturated carbocycles. The van der Waals surface area contributed by atoms with Crippen LogP contribution in [-0.4, -0.2) is 16.6 Å². The van der Waals surface area contributed by atoms with Gasteiger partial charge < -0.3 is 5.32 Å². The minimum absolute atomic E-state index is 0.448. The highest BCUT2D eigenvalue weighted by Crippen LogP contribution is 2.21. The molecule has 0 amide bonds. The summed E-state index contributed by atoms with van der Waals surface area (Å²) in [6.07, 6.45) is 17.1. The molecule has 116 valence electrons. The van der Waals surface area contributed by atoms with Gasteiger partial charge in [0, 0.05) is 6.04 Å². The summed E-state index contributed by atoms with van der Waals surface area (Å²) in [5, 5.41) is 7.28. The van der Waals surface area contributed by atoms with Crippen molar-refractivity contribution >= 4 is 11.5 Å². The molecule has 0 aromatic carbocycles. The maximum absolute atomic E-state index is 3.94. The normalized spacial score (nSPS) is 12.7. The van der Waals surface area contributed by atoms with Gasteiger partial charge in [-0.3, -0.25) is 0 Å². The largest absolute Gasteiger partial charge is 0.312 e. The quantitative estimate of drug-likeness (QED) is 0.514. The van der Waals surface area contributed by atoms with Crippen LogP contribution in [0.1, 0.15) is 88.5 Å². The maximum Gasteiger partial charge on any atom is 0.0669 e. The van der Waals surface area contributed by atoms with Gasteiger partial charge in [-0.1, -0.05) is 75.6 Å². The van der Waals surface area contributed by atoms with Gasteiger partial charge >= 0.3 is 0 Å². The summed E-state index contributed by atoms with van der Waals surface area (Å²) in [7, 11) is 2.03. The molecular weight excluding hydrogens is 266 g/mol. The average molecular weight is 298 g/mol. The standard InChI is InChI=1S/C16H31N3S/c1-3-4-5-6-7-8-9-10-11-12-13-15(17-2)16-14-18-19-20-16/h14-15,17H,3-13H2,1-2H3. The van der Waals surface area contributed by atoms with Crippen molar-refractivity contribution in [2.45, 2.75) is 83.6 Å². The van der Waals surface area contributed by atoms with E-state index in [2.05, 4.69) is 21.8 Å². The molecule has 0 spiro atoms. The Bertz CT molecular complexity index is 301. The van der Waals surface area contributed by atoms with Crippen LogP contribution in [0.2, 0.25) is 0 Å². The molecule has 1 heterocycles. The van der Waals surface area contributed by atoms with Gasteiger partial charge in [-0.2, -0.15) is 0 Å². The molecule has 0 bridgehead atoms. The first-order chi connectivity index (χ1) is 9.88. The monoisotopic (exact) mass is 297 g/mol. The predicted molar refractivity (Wildman–Crippen MR) is 88.2 cm³/mol. The summed E-state index contributed by atoms with van der Waals surface area (Å²) < 4.78 is 3.94. The van der Waals surface area contributed by atoms with Crippen LogP contribution in [0.3, 0.4) is 0 Å². The highest BCUT2D eigenvalue weighted by molar-refractivity contribution is 7.05.